The van der Waals surface area contributed by atoms with Crippen molar-refractivity contribution in [3.8, 4) is 11.5 Å². The number of carbonyl (C=O) groups is 1. The highest BCUT2D eigenvalue weighted by Crippen LogP contribution is 2.18. The molecule has 0 amide bonds. The fraction of sp³-hybridized carbons (Fsp3) is 0.130. The number of esters is 1. The molecular weight excluding hydrogens is 398 g/mol. The number of rotatable bonds is 8. The molecule has 0 aliphatic rings. The molecule has 8 heteroatoms. The molecule has 0 bridgehead atoms. The average molecular weight is 417 g/mol. The van der Waals surface area contributed by atoms with Gasteiger partial charge in [0.25, 0.3) is 5.56 Å². The van der Waals surface area contributed by atoms with E-state index in [2.05, 4.69) is 10.3 Å². The Bertz CT molecular complexity index is 1220. The summed E-state index contributed by atoms with van der Waals surface area (Å²) < 4.78 is 17.2. The van der Waals surface area contributed by atoms with Crippen molar-refractivity contribution in [1.82, 2.24) is 15.0 Å². The second-order valence-corrected chi connectivity index (χ2v) is 6.59. The monoisotopic (exact) mass is 417 g/mol. The summed E-state index contributed by atoms with van der Waals surface area (Å²) in [4.78, 5) is 24.3. The van der Waals surface area contributed by atoms with Gasteiger partial charge in [0.2, 0.25) is 0 Å². The number of hydrogen-bond acceptors (Lipinski definition) is 7. The van der Waals surface area contributed by atoms with Crippen LogP contribution in [0.2, 0.25) is 0 Å². The highest BCUT2D eigenvalue weighted by atomic mass is 16.6. The summed E-state index contributed by atoms with van der Waals surface area (Å²) in [6.07, 6.45) is 0. The van der Waals surface area contributed by atoms with Crippen LogP contribution in [-0.2, 0) is 22.9 Å². The molecule has 0 N–H and O–H groups in total. The van der Waals surface area contributed by atoms with Crippen LogP contribution < -0.4 is 15.0 Å². The molecular formula is C23H19N3O5. The lowest BCUT2D eigenvalue weighted by molar-refractivity contribution is -0.150. The molecule has 0 saturated heterocycles. The van der Waals surface area contributed by atoms with E-state index in [1.54, 1.807) is 48.5 Å². The second-order valence-electron chi connectivity index (χ2n) is 6.59. The van der Waals surface area contributed by atoms with Gasteiger partial charge in [-0.3, -0.25) is 4.79 Å². The van der Waals surface area contributed by atoms with Gasteiger partial charge in [0.1, 0.15) is 23.6 Å². The topological polar surface area (TPSA) is 92.5 Å². The number of hydrogen-bond donors (Lipinski definition) is 0. The average Bonchev–Trinajstić information content (AvgIpc) is 2.82. The van der Waals surface area contributed by atoms with Crippen molar-refractivity contribution in [1.29, 1.82) is 0 Å². The summed E-state index contributed by atoms with van der Waals surface area (Å²) >= 11 is 0. The van der Waals surface area contributed by atoms with Gasteiger partial charge in [-0.05, 0) is 42.0 Å². The third kappa shape index (κ3) is 5.24. The summed E-state index contributed by atoms with van der Waals surface area (Å²) in [5, 5.41) is 8.10. The van der Waals surface area contributed by atoms with Crippen molar-refractivity contribution in [3.63, 3.8) is 0 Å². The van der Waals surface area contributed by atoms with E-state index >= 15 is 0 Å². The Kier molecular flexibility index (Phi) is 6.18. The van der Waals surface area contributed by atoms with Gasteiger partial charge in [0, 0.05) is 0 Å². The predicted molar refractivity (Wildman–Crippen MR) is 113 cm³/mol. The Labute approximate surface area is 177 Å². The molecule has 0 radical (unpaired) electrons. The molecule has 3 aromatic carbocycles. The molecule has 0 aliphatic heterocycles. The quantitative estimate of drug-likeness (QED) is 0.407. The molecule has 8 nitrogen and oxygen atoms in total. The van der Waals surface area contributed by atoms with E-state index in [0.29, 0.717) is 29.0 Å². The van der Waals surface area contributed by atoms with Gasteiger partial charge in [0.15, 0.2) is 13.3 Å². The first-order valence-electron chi connectivity index (χ1n) is 9.57. The van der Waals surface area contributed by atoms with Crippen LogP contribution >= 0.6 is 0 Å². The summed E-state index contributed by atoms with van der Waals surface area (Å²) in [7, 11) is 0. The van der Waals surface area contributed by atoms with Gasteiger partial charge in [-0.15, -0.1) is 5.10 Å². The van der Waals surface area contributed by atoms with Crippen LogP contribution in [0.4, 0.5) is 0 Å². The summed E-state index contributed by atoms with van der Waals surface area (Å²) in [6, 6.07) is 23.6. The largest absolute Gasteiger partial charge is 0.489 e. The molecule has 0 fully saturated rings. The Balaban J connectivity index is 1.25. The Morgan fingerprint density at radius 1 is 0.839 bits per heavy atom. The normalized spacial score (nSPS) is 10.6. The third-order valence-corrected chi connectivity index (χ3v) is 4.41. The standard InChI is InChI=1S/C23H19N3O5/c27-22(31-16-26-23(28)20-8-4-5-9-21(20)24-25-26)15-30-19-12-10-18(11-13-19)29-14-17-6-2-1-3-7-17/h1-13H,14-16H2. The summed E-state index contributed by atoms with van der Waals surface area (Å²) in [5.74, 6) is 0.547. The van der Waals surface area contributed by atoms with Gasteiger partial charge in [-0.1, -0.05) is 47.7 Å². The van der Waals surface area contributed by atoms with E-state index in [0.717, 1.165) is 10.2 Å². The zero-order valence-corrected chi connectivity index (χ0v) is 16.5. The Morgan fingerprint density at radius 2 is 1.52 bits per heavy atom. The molecule has 4 rings (SSSR count). The van der Waals surface area contributed by atoms with Crippen molar-refractivity contribution >= 4 is 16.9 Å². The van der Waals surface area contributed by atoms with Gasteiger partial charge in [0.05, 0.1) is 5.39 Å². The van der Waals surface area contributed by atoms with E-state index in [-0.39, 0.29) is 18.9 Å². The first-order chi connectivity index (χ1) is 15.2. The van der Waals surface area contributed by atoms with Gasteiger partial charge >= 0.3 is 5.97 Å². The van der Waals surface area contributed by atoms with Crippen molar-refractivity contribution < 1.29 is 19.0 Å². The van der Waals surface area contributed by atoms with Gasteiger partial charge in [-0.2, -0.15) is 4.68 Å². The van der Waals surface area contributed by atoms with Crippen LogP contribution in [-0.4, -0.2) is 27.6 Å². The number of nitrogens with zero attached hydrogens (tertiary/aromatic N) is 3. The maximum absolute atomic E-state index is 12.3. The smallest absolute Gasteiger partial charge is 0.345 e. The van der Waals surface area contributed by atoms with E-state index in [4.69, 9.17) is 14.2 Å². The SMILES string of the molecule is O=C(COc1ccc(OCc2ccccc2)cc1)OCn1nnc2ccccc2c1=O. The van der Waals surface area contributed by atoms with Crippen LogP contribution in [0.5, 0.6) is 11.5 Å². The molecule has 31 heavy (non-hydrogen) atoms. The highest BCUT2D eigenvalue weighted by Gasteiger charge is 2.09. The predicted octanol–water partition coefficient (Wildman–Crippen LogP) is 2.95. The molecule has 0 aliphatic carbocycles. The second kappa shape index (κ2) is 9.53. The lowest BCUT2D eigenvalue weighted by Crippen LogP contribution is -2.27. The number of benzene rings is 3. The fourth-order valence-corrected chi connectivity index (χ4v) is 2.80. The lowest BCUT2D eigenvalue weighted by atomic mass is 10.2. The van der Waals surface area contributed by atoms with E-state index in [9.17, 15) is 9.59 Å². The molecule has 1 aromatic heterocycles. The maximum Gasteiger partial charge on any atom is 0.345 e. The van der Waals surface area contributed by atoms with E-state index in [1.807, 2.05) is 30.3 Å². The summed E-state index contributed by atoms with van der Waals surface area (Å²) in [5.41, 5.74) is 1.17. The van der Waals surface area contributed by atoms with Crippen molar-refractivity contribution in [2.45, 2.75) is 13.3 Å². The van der Waals surface area contributed by atoms with Gasteiger partial charge in [-0.25, -0.2) is 4.79 Å². The first-order valence-corrected chi connectivity index (χ1v) is 9.57. The van der Waals surface area contributed by atoms with Crippen LogP contribution in [0.15, 0.2) is 83.7 Å². The van der Waals surface area contributed by atoms with Crippen molar-refractivity contribution in [2.24, 2.45) is 0 Å². The highest BCUT2D eigenvalue weighted by molar-refractivity contribution is 5.76. The van der Waals surface area contributed by atoms with Crippen LogP contribution in [0.1, 0.15) is 5.56 Å². The van der Waals surface area contributed by atoms with Gasteiger partial charge < -0.3 is 14.2 Å². The number of ether oxygens (including phenoxy) is 3. The van der Waals surface area contributed by atoms with E-state index < -0.39 is 5.97 Å². The molecule has 0 saturated carbocycles. The maximum atomic E-state index is 12.3. The number of fused-ring (bicyclic) bond motifs is 1. The number of carbonyl (C=O) groups excluding carboxylic acids is 1. The van der Waals surface area contributed by atoms with Crippen molar-refractivity contribution in [3.05, 3.63) is 94.8 Å². The van der Waals surface area contributed by atoms with E-state index in [1.165, 1.54) is 0 Å². The molecule has 4 aromatic rings. The molecule has 156 valence electrons. The fourth-order valence-electron chi connectivity index (χ4n) is 2.80. The number of aromatic nitrogens is 3. The minimum Gasteiger partial charge on any atom is -0.489 e. The molecule has 0 atom stereocenters. The molecule has 0 spiro atoms. The minimum atomic E-state index is -0.633. The molecule has 1 heterocycles. The zero-order valence-electron chi connectivity index (χ0n) is 16.5. The minimum absolute atomic E-state index is 0.306. The third-order valence-electron chi connectivity index (χ3n) is 4.41. The Hall–Kier alpha value is -4.20. The lowest BCUT2D eigenvalue weighted by Gasteiger charge is -2.09. The van der Waals surface area contributed by atoms with Crippen molar-refractivity contribution in [2.75, 3.05) is 6.61 Å². The first kappa shape index (κ1) is 20.1. The van der Waals surface area contributed by atoms with Crippen LogP contribution in [0, 0.1) is 0 Å². The van der Waals surface area contributed by atoms with Crippen LogP contribution in [0.3, 0.4) is 0 Å². The Morgan fingerprint density at radius 3 is 2.29 bits per heavy atom. The van der Waals surface area contributed by atoms with Crippen LogP contribution in [0.25, 0.3) is 10.9 Å². The molecule has 0 unspecified atom stereocenters. The summed E-state index contributed by atoms with van der Waals surface area (Å²) in [6.45, 7) is -0.185. The zero-order chi connectivity index (χ0) is 21.5.